The van der Waals surface area contributed by atoms with Crippen molar-refractivity contribution in [2.75, 3.05) is 0 Å². The van der Waals surface area contributed by atoms with Crippen LogP contribution in [0.3, 0.4) is 0 Å². The van der Waals surface area contributed by atoms with Crippen LogP contribution in [0.4, 0.5) is 0 Å². The molecular formula is C17H13N2O3S-. The minimum absolute atomic E-state index is 0.192. The van der Waals surface area contributed by atoms with Crippen LogP contribution in [0.1, 0.15) is 23.4 Å². The van der Waals surface area contributed by atoms with E-state index in [1.807, 2.05) is 48.0 Å². The van der Waals surface area contributed by atoms with Gasteiger partial charge in [-0.15, -0.1) is 0 Å². The summed E-state index contributed by atoms with van der Waals surface area (Å²) >= 11 is 1.53. The van der Waals surface area contributed by atoms with Crippen molar-refractivity contribution in [2.45, 2.75) is 13.3 Å². The van der Waals surface area contributed by atoms with Gasteiger partial charge in [0, 0.05) is 28.9 Å². The predicted molar refractivity (Wildman–Crippen MR) is 86.3 cm³/mol. The Morgan fingerprint density at radius 2 is 2.26 bits per heavy atom. The lowest BCUT2D eigenvalue weighted by Crippen LogP contribution is -2.22. The second-order valence-corrected chi connectivity index (χ2v) is 5.85. The van der Waals surface area contributed by atoms with E-state index < -0.39 is 5.97 Å². The fraction of sp³-hybridized carbons (Fsp3) is 0.118. The fourth-order valence-corrected chi connectivity index (χ4v) is 2.80. The first-order valence-electron chi connectivity index (χ1n) is 6.95. The number of hydrogen-bond donors (Lipinski definition) is 0. The molecule has 0 N–H and O–H groups in total. The number of rotatable bonds is 5. The summed E-state index contributed by atoms with van der Waals surface area (Å²) in [6, 6.07) is 9.59. The topological polar surface area (TPSA) is 79.0 Å². The zero-order chi connectivity index (χ0) is 16.2. The number of benzene rings is 1. The van der Waals surface area contributed by atoms with Crippen LogP contribution in [-0.2, 0) is 4.79 Å². The monoisotopic (exact) mass is 325 g/mol. The number of aromatic nitrogens is 2. The van der Waals surface area contributed by atoms with E-state index in [1.54, 1.807) is 6.08 Å². The molecule has 0 atom stereocenters. The lowest BCUT2D eigenvalue weighted by Gasteiger charge is -2.04. The Morgan fingerprint density at radius 3 is 2.96 bits per heavy atom. The van der Waals surface area contributed by atoms with Gasteiger partial charge < -0.3 is 14.4 Å². The molecule has 1 aromatic carbocycles. The van der Waals surface area contributed by atoms with Gasteiger partial charge in [-0.25, -0.2) is 0 Å². The molecule has 2 heterocycles. The fourth-order valence-electron chi connectivity index (χ4n) is 2.17. The highest BCUT2D eigenvalue weighted by Crippen LogP contribution is 2.24. The SMILES string of the molecule is Cc1cccc(/C=C(\CC(=O)[O-])c2nc(-c3ccsc3)no2)c1. The number of carbonyl (C=O) groups is 1. The number of carbonyl (C=O) groups excluding carboxylic acids is 1. The average molecular weight is 325 g/mol. The van der Waals surface area contributed by atoms with Gasteiger partial charge in [0.25, 0.3) is 5.89 Å². The lowest BCUT2D eigenvalue weighted by atomic mass is 10.1. The van der Waals surface area contributed by atoms with Crippen molar-refractivity contribution in [2.24, 2.45) is 0 Å². The molecule has 0 fully saturated rings. The smallest absolute Gasteiger partial charge is 0.254 e. The van der Waals surface area contributed by atoms with Crippen LogP contribution in [0.15, 0.2) is 45.6 Å². The quantitative estimate of drug-likeness (QED) is 0.720. The second kappa shape index (κ2) is 6.58. The van der Waals surface area contributed by atoms with Crippen molar-refractivity contribution in [1.82, 2.24) is 10.1 Å². The van der Waals surface area contributed by atoms with Crippen LogP contribution in [0.2, 0.25) is 0 Å². The molecule has 0 bridgehead atoms. The van der Waals surface area contributed by atoms with Gasteiger partial charge >= 0.3 is 0 Å². The lowest BCUT2D eigenvalue weighted by molar-refractivity contribution is -0.304. The largest absolute Gasteiger partial charge is 0.550 e. The first-order valence-corrected chi connectivity index (χ1v) is 7.90. The molecule has 0 unspecified atom stereocenters. The van der Waals surface area contributed by atoms with Gasteiger partial charge in [-0.1, -0.05) is 35.0 Å². The van der Waals surface area contributed by atoms with E-state index >= 15 is 0 Å². The summed E-state index contributed by atoms with van der Waals surface area (Å²) < 4.78 is 5.24. The van der Waals surface area contributed by atoms with E-state index in [0.29, 0.717) is 11.4 Å². The summed E-state index contributed by atoms with van der Waals surface area (Å²) in [5, 5.41) is 18.8. The minimum atomic E-state index is -1.20. The Bertz CT molecular complexity index is 850. The standard InChI is InChI=1S/C17H14N2O3S/c1-11-3-2-4-12(7-11)8-14(9-15(20)21)17-18-16(19-22-17)13-5-6-23-10-13/h2-8,10H,9H2,1H3,(H,20,21)/p-1/b14-8+. The highest BCUT2D eigenvalue weighted by atomic mass is 32.1. The molecule has 0 amide bonds. The van der Waals surface area contributed by atoms with Gasteiger partial charge in [0.05, 0.1) is 0 Å². The molecular weight excluding hydrogens is 312 g/mol. The van der Waals surface area contributed by atoms with E-state index in [2.05, 4.69) is 10.1 Å². The first-order chi connectivity index (χ1) is 11.1. The number of aryl methyl sites for hydroxylation is 1. The molecule has 0 saturated heterocycles. The molecule has 6 heteroatoms. The van der Waals surface area contributed by atoms with Gasteiger partial charge in [-0.2, -0.15) is 16.3 Å². The number of carboxylic acids is 1. The summed E-state index contributed by atoms with van der Waals surface area (Å²) in [4.78, 5) is 15.3. The van der Waals surface area contributed by atoms with Crippen LogP contribution < -0.4 is 5.11 Å². The molecule has 0 saturated carbocycles. The van der Waals surface area contributed by atoms with E-state index in [4.69, 9.17) is 4.52 Å². The van der Waals surface area contributed by atoms with Gasteiger partial charge in [0.2, 0.25) is 5.82 Å². The van der Waals surface area contributed by atoms with E-state index in [0.717, 1.165) is 16.7 Å². The van der Waals surface area contributed by atoms with Gasteiger partial charge in [-0.05, 0) is 30.0 Å². The van der Waals surface area contributed by atoms with Crippen LogP contribution in [-0.4, -0.2) is 16.1 Å². The molecule has 0 spiro atoms. The van der Waals surface area contributed by atoms with Gasteiger partial charge in [0.1, 0.15) is 0 Å². The Hall–Kier alpha value is -2.73. The zero-order valence-electron chi connectivity index (χ0n) is 12.4. The molecule has 2 aromatic heterocycles. The highest BCUT2D eigenvalue weighted by Gasteiger charge is 2.13. The Morgan fingerprint density at radius 1 is 1.39 bits per heavy atom. The molecule has 0 radical (unpaired) electrons. The van der Waals surface area contributed by atoms with Gasteiger partial charge in [-0.3, -0.25) is 0 Å². The molecule has 3 rings (SSSR count). The summed E-state index contributed by atoms with van der Waals surface area (Å²) in [5.74, 6) is -0.564. The first kappa shape index (κ1) is 15.2. The molecule has 116 valence electrons. The molecule has 3 aromatic rings. The maximum Gasteiger partial charge on any atom is 0.254 e. The summed E-state index contributed by atoms with van der Waals surface area (Å²) in [5.41, 5.74) is 3.21. The summed E-state index contributed by atoms with van der Waals surface area (Å²) in [6.45, 7) is 1.97. The maximum atomic E-state index is 11.0. The van der Waals surface area contributed by atoms with Crippen molar-refractivity contribution in [3.05, 3.63) is 58.1 Å². The molecule has 0 aliphatic rings. The normalized spacial score (nSPS) is 11.6. The number of nitrogens with zero attached hydrogens (tertiary/aromatic N) is 2. The van der Waals surface area contributed by atoms with E-state index in [9.17, 15) is 9.90 Å². The van der Waals surface area contributed by atoms with Crippen LogP contribution >= 0.6 is 11.3 Å². The van der Waals surface area contributed by atoms with Gasteiger partial charge in [0.15, 0.2) is 0 Å². The third-order valence-electron chi connectivity index (χ3n) is 3.20. The average Bonchev–Trinajstić information content (AvgIpc) is 3.17. The zero-order valence-corrected chi connectivity index (χ0v) is 13.2. The van der Waals surface area contributed by atoms with Crippen molar-refractivity contribution in [1.29, 1.82) is 0 Å². The van der Waals surface area contributed by atoms with Crippen molar-refractivity contribution < 1.29 is 14.4 Å². The van der Waals surface area contributed by atoms with Crippen molar-refractivity contribution in [3.8, 4) is 11.4 Å². The number of aliphatic carboxylic acids is 1. The predicted octanol–water partition coefficient (Wildman–Crippen LogP) is 2.79. The number of thiophene rings is 1. The van der Waals surface area contributed by atoms with Crippen LogP contribution in [0, 0.1) is 6.92 Å². The third kappa shape index (κ3) is 3.73. The summed E-state index contributed by atoms with van der Waals surface area (Å²) in [7, 11) is 0. The maximum absolute atomic E-state index is 11.0. The molecule has 0 aliphatic carbocycles. The Kier molecular flexibility index (Phi) is 4.34. The Balaban J connectivity index is 1.98. The minimum Gasteiger partial charge on any atom is -0.550 e. The van der Waals surface area contributed by atoms with Crippen LogP contribution in [0.25, 0.3) is 23.0 Å². The highest BCUT2D eigenvalue weighted by molar-refractivity contribution is 7.08. The van der Waals surface area contributed by atoms with Crippen molar-refractivity contribution >= 4 is 29.0 Å². The van der Waals surface area contributed by atoms with Crippen molar-refractivity contribution in [3.63, 3.8) is 0 Å². The second-order valence-electron chi connectivity index (χ2n) is 5.07. The van der Waals surface area contributed by atoms with E-state index in [-0.39, 0.29) is 12.3 Å². The molecule has 23 heavy (non-hydrogen) atoms. The third-order valence-corrected chi connectivity index (χ3v) is 3.88. The molecule has 0 aliphatic heterocycles. The number of carboxylic acid groups (broad SMARTS) is 1. The van der Waals surface area contributed by atoms with E-state index in [1.165, 1.54) is 11.3 Å². The number of hydrogen-bond acceptors (Lipinski definition) is 6. The Labute approximate surface area is 136 Å². The molecule has 5 nitrogen and oxygen atoms in total. The van der Waals surface area contributed by atoms with Crippen LogP contribution in [0.5, 0.6) is 0 Å². The summed E-state index contributed by atoms with van der Waals surface area (Å²) in [6.07, 6.45) is 1.44.